The van der Waals surface area contributed by atoms with Crippen LogP contribution < -0.4 is 10.1 Å². The van der Waals surface area contributed by atoms with Gasteiger partial charge in [-0.05, 0) is 19.1 Å². The summed E-state index contributed by atoms with van der Waals surface area (Å²) in [5.41, 5.74) is 0.938. The first-order valence-corrected chi connectivity index (χ1v) is 4.11. The number of amidine groups is 1. The quantitative estimate of drug-likeness (QED) is 0.556. The number of para-hydroxylation sites is 2. The first-order chi connectivity index (χ1) is 6.27. The Labute approximate surface area is 78.4 Å². The van der Waals surface area contributed by atoms with Gasteiger partial charge < -0.3 is 10.1 Å². The van der Waals surface area contributed by atoms with E-state index in [-0.39, 0.29) is 0 Å². The minimum atomic E-state index is 0.825. The highest BCUT2D eigenvalue weighted by molar-refractivity contribution is 5.94. The Morgan fingerprint density at radius 2 is 2.08 bits per heavy atom. The Morgan fingerprint density at radius 3 is 2.69 bits per heavy atom. The van der Waals surface area contributed by atoms with Crippen molar-refractivity contribution >= 4 is 11.5 Å². The standard InChI is InChI=1S/C10H14N2O/c1-8(11-2)12-9-6-4-5-7-10(9)13-3/h4-7H,1-3H3,(H,11,12). The Balaban J connectivity index is 2.87. The number of hydrogen-bond donors (Lipinski definition) is 1. The SMILES string of the molecule is CN=C(C)Nc1ccccc1OC. The lowest BCUT2D eigenvalue weighted by atomic mass is 10.3. The maximum atomic E-state index is 5.17. The van der Waals surface area contributed by atoms with Crippen molar-refractivity contribution in [3.8, 4) is 5.75 Å². The Hall–Kier alpha value is -1.51. The number of rotatable bonds is 2. The minimum absolute atomic E-state index is 0.825. The fourth-order valence-corrected chi connectivity index (χ4v) is 0.999. The second-order valence-electron chi connectivity index (χ2n) is 2.63. The van der Waals surface area contributed by atoms with Gasteiger partial charge in [0.15, 0.2) is 0 Å². The lowest BCUT2D eigenvalue weighted by molar-refractivity contribution is 0.417. The van der Waals surface area contributed by atoms with Crippen LogP contribution in [0.1, 0.15) is 6.92 Å². The van der Waals surface area contributed by atoms with Crippen LogP contribution >= 0.6 is 0 Å². The molecule has 0 aliphatic rings. The van der Waals surface area contributed by atoms with Gasteiger partial charge in [-0.3, -0.25) is 4.99 Å². The van der Waals surface area contributed by atoms with E-state index in [1.54, 1.807) is 14.2 Å². The van der Waals surface area contributed by atoms with E-state index in [4.69, 9.17) is 4.74 Å². The normalized spacial score (nSPS) is 11.2. The molecule has 3 heteroatoms. The van der Waals surface area contributed by atoms with Crippen molar-refractivity contribution < 1.29 is 4.74 Å². The van der Waals surface area contributed by atoms with Crippen LogP contribution in [0.15, 0.2) is 29.3 Å². The molecule has 1 aromatic carbocycles. The molecule has 0 radical (unpaired) electrons. The van der Waals surface area contributed by atoms with Crippen LogP contribution in [-0.2, 0) is 0 Å². The lowest BCUT2D eigenvalue weighted by Gasteiger charge is -2.09. The van der Waals surface area contributed by atoms with E-state index < -0.39 is 0 Å². The number of aliphatic imine (C=N–C) groups is 1. The summed E-state index contributed by atoms with van der Waals surface area (Å²) in [5.74, 6) is 1.69. The Bertz CT molecular complexity index is 308. The summed E-state index contributed by atoms with van der Waals surface area (Å²) in [6.45, 7) is 1.91. The summed E-state index contributed by atoms with van der Waals surface area (Å²) in [5, 5.41) is 3.14. The number of ether oxygens (including phenoxy) is 1. The van der Waals surface area contributed by atoms with Crippen LogP contribution in [0.25, 0.3) is 0 Å². The van der Waals surface area contributed by atoms with Gasteiger partial charge in [0.25, 0.3) is 0 Å². The van der Waals surface area contributed by atoms with Crippen molar-refractivity contribution in [2.24, 2.45) is 4.99 Å². The number of nitrogens with one attached hydrogen (secondary N) is 1. The predicted octanol–water partition coefficient (Wildman–Crippen LogP) is 2.16. The number of nitrogens with zero attached hydrogens (tertiary/aromatic N) is 1. The van der Waals surface area contributed by atoms with Gasteiger partial charge >= 0.3 is 0 Å². The molecule has 0 aliphatic carbocycles. The van der Waals surface area contributed by atoms with Gasteiger partial charge in [0.05, 0.1) is 18.6 Å². The van der Waals surface area contributed by atoms with Crippen molar-refractivity contribution in [3.63, 3.8) is 0 Å². The predicted molar refractivity (Wildman–Crippen MR) is 55.6 cm³/mol. The lowest BCUT2D eigenvalue weighted by Crippen LogP contribution is -2.07. The Morgan fingerprint density at radius 1 is 1.38 bits per heavy atom. The molecule has 0 spiro atoms. The zero-order valence-electron chi connectivity index (χ0n) is 8.16. The number of benzene rings is 1. The molecule has 0 saturated carbocycles. The van der Waals surface area contributed by atoms with Crippen LogP contribution in [0.2, 0.25) is 0 Å². The van der Waals surface area contributed by atoms with Crippen LogP contribution in [0.3, 0.4) is 0 Å². The number of methoxy groups -OCH3 is 1. The highest BCUT2D eigenvalue weighted by Gasteiger charge is 2.00. The zero-order valence-corrected chi connectivity index (χ0v) is 8.16. The molecular formula is C10H14N2O. The van der Waals surface area contributed by atoms with Crippen molar-refractivity contribution in [1.82, 2.24) is 0 Å². The molecule has 0 aromatic heterocycles. The molecular weight excluding hydrogens is 164 g/mol. The van der Waals surface area contributed by atoms with Crippen LogP contribution in [0.4, 0.5) is 5.69 Å². The number of anilines is 1. The van der Waals surface area contributed by atoms with Gasteiger partial charge in [-0.15, -0.1) is 0 Å². The molecule has 1 rings (SSSR count). The third-order valence-corrected chi connectivity index (χ3v) is 1.76. The molecule has 0 bridgehead atoms. The van der Waals surface area contributed by atoms with E-state index in [2.05, 4.69) is 10.3 Å². The summed E-state index contributed by atoms with van der Waals surface area (Å²) < 4.78 is 5.17. The summed E-state index contributed by atoms with van der Waals surface area (Å²) in [6.07, 6.45) is 0. The minimum Gasteiger partial charge on any atom is -0.495 e. The highest BCUT2D eigenvalue weighted by atomic mass is 16.5. The topological polar surface area (TPSA) is 33.6 Å². The molecule has 70 valence electrons. The van der Waals surface area contributed by atoms with E-state index >= 15 is 0 Å². The van der Waals surface area contributed by atoms with Crippen LogP contribution in [-0.4, -0.2) is 20.0 Å². The zero-order chi connectivity index (χ0) is 9.68. The molecule has 0 aliphatic heterocycles. The van der Waals surface area contributed by atoms with Crippen molar-refractivity contribution in [2.75, 3.05) is 19.5 Å². The first kappa shape index (κ1) is 9.58. The molecule has 0 unspecified atom stereocenters. The van der Waals surface area contributed by atoms with Gasteiger partial charge in [0.1, 0.15) is 5.75 Å². The fourth-order valence-electron chi connectivity index (χ4n) is 0.999. The summed E-state index contributed by atoms with van der Waals surface area (Å²) in [7, 11) is 3.40. The molecule has 1 aromatic rings. The maximum Gasteiger partial charge on any atom is 0.142 e. The largest absolute Gasteiger partial charge is 0.495 e. The van der Waals surface area contributed by atoms with Gasteiger partial charge in [-0.2, -0.15) is 0 Å². The molecule has 0 saturated heterocycles. The third-order valence-electron chi connectivity index (χ3n) is 1.76. The summed E-state index contributed by atoms with van der Waals surface area (Å²) >= 11 is 0. The third kappa shape index (κ3) is 2.47. The van der Waals surface area contributed by atoms with E-state index in [1.165, 1.54) is 0 Å². The van der Waals surface area contributed by atoms with Gasteiger partial charge in [0.2, 0.25) is 0 Å². The molecule has 0 heterocycles. The van der Waals surface area contributed by atoms with E-state index in [1.807, 2.05) is 31.2 Å². The molecule has 13 heavy (non-hydrogen) atoms. The van der Waals surface area contributed by atoms with Crippen LogP contribution in [0.5, 0.6) is 5.75 Å². The Kier molecular flexibility index (Phi) is 3.31. The maximum absolute atomic E-state index is 5.17. The van der Waals surface area contributed by atoms with E-state index in [9.17, 15) is 0 Å². The van der Waals surface area contributed by atoms with Gasteiger partial charge in [-0.25, -0.2) is 0 Å². The number of hydrogen-bond acceptors (Lipinski definition) is 2. The van der Waals surface area contributed by atoms with Crippen molar-refractivity contribution in [3.05, 3.63) is 24.3 Å². The average Bonchev–Trinajstić information content (AvgIpc) is 2.18. The average molecular weight is 178 g/mol. The summed E-state index contributed by atoms with van der Waals surface area (Å²) in [4.78, 5) is 4.01. The molecule has 0 fully saturated rings. The molecule has 0 amide bonds. The smallest absolute Gasteiger partial charge is 0.142 e. The van der Waals surface area contributed by atoms with E-state index in [0.717, 1.165) is 17.3 Å². The van der Waals surface area contributed by atoms with Crippen LogP contribution in [0, 0.1) is 0 Å². The van der Waals surface area contributed by atoms with Gasteiger partial charge in [0, 0.05) is 7.05 Å². The summed E-state index contributed by atoms with van der Waals surface area (Å²) in [6, 6.07) is 7.75. The fraction of sp³-hybridized carbons (Fsp3) is 0.300. The highest BCUT2D eigenvalue weighted by Crippen LogP contribution is 2.22. The van der Waals surface area contributed by atoms with Gasteiger partial charge in [-0.1, -0.05) is 12.1 Å². The van der Waals surface area contributed by atoms with E-state index in [0.29, 0.717) is 0 Å². The second-order valence-corrected chi connectivity index (χ2v) is 2.63. The second kappa shape index (κ2) is 4.50. The van der Waals surface area contributed by atoms with Crippen molar-refractivity contribution in [1.29, 1.82) is 0 Å². The first-order valence-electron chi connectivity index (χ1n) is 4.11. The molecule has 3 nitrogen and oxygen atoms in total. The monoisotopic (exact) mass is 178 g/mol. The van der Waals surface area contributed by atoms with Crippen molar-refractivity contribution in [2.45, 2.75) is 6.92 Å². The molecule has 1 N–H and O–H groups in total. The molecule has 0 atom stereocenters.